The fourth-order valence-corrected chi connectivity index (χ4v) is 3.86. The van der Waals surface area contributed by atoms with Crippen LogP contribution < -0.4 is 20.7 Å². The lowest BCUT2D eigenvalue weighted by atomic mass is 9.74. The van der Waals surface area contributed by atoms with E-state index in [4.69, 9.17) is 12.6 Å². The van der Waals surface area contributed by atoms with Crippen LogP contribution in [0.3, 0.4) is 0 Å². The van der Waals surface area contributed by atoms with Crippen LogP contribution in [0.15, 0.2) is 36.0 Å². The number of hydrogen-bond donors (Lipinski definition) is 3. The van der Waals surface area contributed by atoms with Gasteiger partial charge in [0.2, 0.25) is 6.41 Å². The number of dihydropyridines is 1. The molecule has 0 bridgehead atoms. The van der Waals surface area contributed by atoms with Crippen molar-refractivity contribution in [3.05, 3.63) is 47.4 Å². The molecule has 5 nitrogen and oxygen atoms in total. The third-order valence-electron chi connectivity index (χ3n) is 5.21. The van der Waals surface area contributed by atoms with Gasteiger partial charge in [0.25, 0.3) is 0 Å². The molecule has 148 valence electrons. The highest BCUT2D eigenvalue weighted by atomic mass is 19.1. The van der Waals surface area contributed by atoms with Crippen molar-refractivity contribution in [1.82, 2.24) is 16.0 Å². The van der Waals surface area contributed by atoms with E-state index in [-0.39, 0.29) is 17.9 Å². The van der Waals surface area contributed by atoms with E-state index in [1.165, 1.54) is 6.07 Å². The average Bonchev–Trinajstić information content (AvgIpc) is 3.06. The lowest BCUT2D eigenvalue weighted by molar-refractivity contribution is -0.109. The van der Waals surface area contributed by atoms with Crippen molar-refractivity contribution < 1.29 is 13.9 Å². The molecular formula is C21H27BFN3O2. The van der Waals surface area contributed by atoms with E-state index in [2.05, 4.69) is 16.0 Å². The van der Waals surface area contributed by atoms with Gasteiger partial charge in [-0.1, -0.05) is 6.08 Å². The van der Waals surface area contributed by atoms with Crippen LogP contribution >= 0.6 is 0 Å². The number of allylic oxidation sites excluding steroid dienone is 2. The maximum absolute atomic E-state index is 14.5. The number of amides is 1. The quantitative estimate of drug-likeness (QED) is 0.366. The maximum Gasteiger partial charge on any atom is 0.207 e. The Hall–Kier alpha value is -2.28. The first kappa shape index (κ1) is 20.5. The Kier molecular flexibility index (Phi) is 6.44. The number of rotatable bonds is 8. The molecule has 7 heteroatoms. The van der Waals surface area contributed by atoms with Crippen LogP contribution in [0.25, 0.3) is 5.57 Å². The zero-order valence-electron chi connectivity index (χ0n) is 16.4. The number of carbonyl (C=O) groups excluding carboxylic acids is 1. The molecule has 0 aromatic heterocycles. The summed E-state index contributed by atoms with van der Waals surface area (Å²) in [5, 5.41) is 9.60. The summed E-state index contributed by atoms with van der Waals surface area (Å²) >= 11 is 0. The third-order valence-corrected chi connectivity index (χ3v) is 5.21. The highest BCUT2D eigenvalue weighted by Gasteiger charge is 2.35. The first-order chi connectivity index (χ1) is 13.4. The number of carbonyl (C=O) groups is 1. The summed E-state index contributed by atoms with van der Waals surface area (Å²) in [7, 11) is 6.44. The van der Waals surface area contributed by atoms with Crippen molar-refractivity contribution in [3.8, 4) is 5.75 Å². The Labute approximate surface area is 167 Å². The molecule has 0 aliphatic carbocycles. The molecule has 1 fully saturated rings. The second kappa shape index (κ2) is 8.82. The Balaban J connectivity index is 1.79. The summed E-state index contributed by atoms with van der Waals surface area (Å²) in [6.45, 7) is 5.01. The van der Waals surface area contributed by atoms with Crippen LogP contribution in [0, 0.1) is 5.82 Å². The number of benzene rings is 1. The van der Waals surface area contributed by atoms with Crippen molar-refractivity contribution in [2.24, 2.45) is 0 Å². The van der Waals surface area contributed by atoms with Gasteiger partial charge in [-0.15, -0.1) is 0 Å². The minimum atomic E-state index is -0.520. The molecule has 3 rings (SSSR count). The number of halogens is 1. The molecule has 3 N–H and O–H groups in total. The zero-order valence-corrected chi connectivity index (χ0v) is 16.4. The molecule has 2 heterocycles. The normalized spacial score (nSPS) is 26.8. The summed E-state index contributed by atoms with van der Waals surface area (Å²) < 4.78 is 20.0. The molecule has 1 aromatic carbocycles. The van der Waals surface area contributed by atoms with Gasteiger partial charge < -0.3 is 20.7 Å². The predicted molar refractivity (Wildman–Crippen MR) is 110 cm³/mol. The first-order valence-electron chi connectivity index (χ1n) is 9.80. The van der Waals surface area contributed by atoms with Gasteiger partial charge in [-0.3, -0.25) is 4.79 Å². The highest BCUT2D eigenvalue weighted by Crippen LogP contribution is 2.32. The summed E-state index contributed by atoms with van der Waals surface area (Å²) in [6, 6.07) is 4.96. The lowest BCUT2D eigenvalue weighted by Crippen LogP contribution is -2.48. The molecular weight excluding hydrogens is 356 g/mol. The van der Waals surface area contributed by atoms with E-state index in [1.54, 1.807) is 12.1 Å². The molecule has 0 unspecified atom stereocenters. The summed E-state index contributed by atoms with van der Waals surface area (Å²) in [6.07, 6.45) is 7.01. The van der Waals surface area contributed by atoms with Crippen LogP contribution in [0.2, 0.25) is 0 Å². The number of ether oxygens (including phenoxy) is 1. The van der Waals surface area contributed by atoms with E-state index in [1.807, 2.05) is 26.0 Å². The van der Waals surface area contributed by atoms with Crippen molar-refractivity contribution in [1.29, 1.82) is 0 Å². The lowest BCUT2D eigenvalue weighted by Gasteiger charge is -2.30. The van der Waals surface area contributed by atoms with Gasteiger partial charge in [-0.05, 0) is 68.4 Å². The number of nitrogens with one attached hydrogen (secondary N) is 3. The Bertz CT molecular complexity index is 783. The smallest absolute Gasteiger partial charge is 0.207 e. The minimum absolute atomic E-state index is 0.0607. The van der Waals surface area contributed by atoms with Crippen LogP contribution in [-0.2, 0) is 4.79 Å². The summed E-state index contributed by atoms with van der Waals surface area (Å²) in [5.41, 5.74) is 1.85. The second-order valence-corrected chi connectivity index (χ2v) is 7.44. The van der Waals surface area contributed by atoms with Crippen LogP contribution in [0.5, 0.6) is 5.75 Å². The minimum Gasteiger partial charge on any atom is -0.494 e. The van der Waals surface area contributed by atoms with Gasteiger partial charge in [-0.25, -0.2) is 4.39 Å². The van der Waals surface area contributed by atoms with Gasteiger partial charge in [0, 0.05) is 29.9 Å². The Morgan fingerprint density at radius 2 is 2.29 bits per heavy atom. The second-order valence-electron chi connectivity index (χ2n) is 7.44. The molecule has 28 heavy (non-hydrogen) atoms. The van der Waals surface area contributed by atoms with Gasteiger partial charge >= 0.3 is 0 Å². The highest BCUT2D eigenvalue weighted by molar-refractivity contribution is 6.15. The van der Waals surface area contributed by atoms with E-state index < -0.39 is 5.44 Å². The van der Waals surface area contributed by atoms with Crippen molar-refractivity contribution in [3.63, 3.8) is 0 Å². The maximum atomic E-state index is 14.5. The number of hydrogen-bond acceptors (Lipinski definition) is 4. The fraction of sp³-hybridized carbons (Fsp3) is 0.476. The van der Waals surface area contributed by atoms with E-state index in [9.17, 15) is 9.18 Å². The molecule has 2 aliphatic heterocycles. The van der Waals surface area contributed by atoms with Gasteiger partial charge in [0.1, 0.15) is 11.6 Å². The predicted octanol–water partition coefficient (Wildman–Crippen LogP) is 2.24. The Morgan fingerprint density at radius 1 is 1.46 bits per heavy atom. The average molecular weight is 383 g/mol. The standard InChI is InChI=1S/C21H27BFN3O2/c1-3-28-16-4-5-18(23)17(12-16)15-10-14(2)25-20(11-15)19-6-7-21(22,26-19)8-9-24-13-27/h4-5,10-14,19,25-26H,3,6-9H2,1-2H3,(H,24,27)/t14-,19-,21+/m1/s1. The fourth-order valence-electron chi connectivity index (χ4n) is 3.86. The van der Waals surface area contributed by atoms with Gasteiger partial charge in [0.15, 0.2) is 0 Å². The zero-order chi connectivity index (χ0) is 20.1. The monoisotopic (exact) mass is 383 g/mol. The van der Waals surface area contributed by atoms with E-state index in [0.29, 0.717) is 37.3 Å². The largest absolute Gasteiger partial charge is 0.494 e. The molecule has 2 radical (unpaired) electrons. The van der Waals surface area contributed by atoms with Crippen molar-refractivity contribution in [2.75, 3.05) is 13.2 Å². The topological polar surface area (TPSA) is 62.4 Å². The van der Waals surface area contributed by atoms with Gasteiger partial charge in [-0.2, -0.15) is 0 Å². The molecule has 1 amide bonds. The Morgan fingerprint density at radius 3 is 3.04 bits per heavy atom. The summed E-state index contributed by atoms with van der Waals surface area (Å²) in [4.78, 5) is 10.5. The molecule has 0 saturated carbocycles. The van der Waals surface area contributed by atoms with Crippen LogP contribution in [0.1, 0.15) is 38.7 Å². The van der Waals surface area contributed by atoms with E-state index in [0.717, 1.165) is 24.1 Å². The first-order valence-corrected chi connectivity index (χ1v) is 9.80. The molecule has 0 spiro atoms. The van der Waals surface area contributed by atoms with Crippen LogP contribution in [0.4, 0.5) is 4.39 Å². The van der Waals surface area contributed by atoms with E-state index >= 15 is 0 Å². The molecule has 1 aromatic rings. The van der Waals surface area contributed by atoms with Crippen LogP contribution in [-0.4, -0.2) is 44.9 Å². The van der Waals surface area contributed by atoms with Crippen molar-refractivity contribution in [2.45, 2.75) is 50.6 Å². The molecule has 2 aliphatic rings. The molecule has 3 atom stereocenters. The van der Waals surface area contributed by atoms with Gasteiger partial charge in [0.05, 0.1) is 14.5 Å². The summed E-state index contributed by atoms with van der Waals surface area (Å²) in [5.74, 6) is 0.385. The van der Waals surface area contributed by atoms with Crippen molar-refractivity contribution >= 4 is 19.8 Å². The SMILES string of the molecule is [B][C@@]1(CCNC=O)CC[C@H](C2=CC(c3cc(OCC)ccc3F)=C[C@@H](C)N2)N1. The third kappa shape index (κ3) is 4.76. The molecule has 1 saturated heterocycles.